The first-order valence-corrected chi connectivity index (χ1v) is 5.48. The Bertz CT molecular complexity index is 590. The van der Waals surface area contributed by atoms with Crippen LogP contribution < -0.4 is 5.73 Å². The number of ether oxygens (including phenoxy) is 1. The molecule has 0 saturated carbocycles. The van der Waals surface area contributed by atoms with E-state index in [1.807, 2.05) is 0 Å². The van der Waals surface area contributed by atoms with E-state index in [0.29, 0.717) is 0 Å². The first kappa shape index (κ1) is 14.8. The topological polar surface area (TPSA) is 138 Å². The van der Waals surface area contributed by atoms with Crippen molar-refractivity contribution in [3.8, 4) is 6.07 Å². The Morgan fingerprint density at radius 3 is 3.05 bits per heavy atom. The molecule has 0 aliphatic carbocycles. The first-order chi connectivity index (χ1) is 9.04. The first-order valence-electron chi connectivity index (χ1n) is 5.03. The molecule has 2 N–H and O–H groups in total. The molecule has 0 amide bonds. The van der Waals surface area contributed by atoms with Gasteiger partial charge in [0, 0.05) is 23.1 Å². The van der Waals surface area contributed by atoms with Crippen molar-refractivity contribution in [3.05, 3.63) is 33.3 Å². The van der Waals surface area contributed by atoms with E-state index in [2.05, 4.69) is 32.4 Å². The minimum absolute atomic E-state index is 0.0186. The van der Waals surface area contributed by atoms with Crippen LogP contribution >= 0.6 is 12.6 Å². The Morgan fingerprint density at radius 2 is 2.53 bits per heavy atom. The highest BCUT2D eigenvalue weighted by atomic mass is 32.1. The molecule has 1 rings (SSSR count). The summed E-state index contributed by atoms with van der Waals surface area (Å²) in [6, 6.07) is 2.30. The molecule has 1 aromatic heterocycles. The van der Waals surface area contributed by atoms with E-state index in [1.165, 1.54) is 13.2 Å². The summed E-state index contributed by atoms with van der Waals surface area (Å²) >= 11 is 4.10. The molecule has 19 heavy (non-hydrogen) atoms. The Morgan fingerprint density at radius 1 is 1.84 bits per heavy atom. The molecule has 8 nitrogen and oxygen atoms in total. The maximum absolute atomic E-state index is 11.7. The molecule has 1 atom stereocenters. The number of esters is 1. The van der Waals surface area contributed by atoms with E-state index in [0.717, 1.165) is 0 Å². The Balaban J connectivity index is 3.39. The smallest absolute Gasteiger partial charge is 0.338 e. The Hall–Kier alpha value is -2.27. The van der Waals surface area contributed by atoms with E-state index in [9.17, 15) is 4.79 Å². The number of nitriles is 1. The van der Waals surface area contributed by atoms with Crippen LogP contribution in [0.4, 0.5) is 0 Å². The number of hydrogen-bond acceptors (Lipinski definition) is 7. The van der Waals surface area contributed by atoms with Gasteiger partial charge in [-0.1, -0.05) is 5.11 Å². The number of nitrogens with zero attached hydrogens (tertiary/aromatic N) is 5. The van der Waals surface area contributed by atoms with Crippen LogP contribution in [-0.4, -0.2) is 24.6 Å². The number of thiol groups is 1. The van der Waals surface area contributed by atoms with Crippen molar-refractivity contribution in [1.29, 1.82) is 5.26 Å². The molecule has 0 aromatic carbocycles. The highest BCUT2D eigenvalue weighted by molar-refractivity contribution is 7.80. The van der Waals surface area contributed by atoms with E-state index in [-0.39, 0.29) is 28.4 Å². The number of pyridine rings is 1. The average Bonchev–Trinajstić information content (AvgIpc) is 2.42. The van der Waals surface area contributed by atoms with Gasteiger partial charge in [-0.15, -0.1) is 12.6 Å². The fourth-order valence-corrected chi connectivity index (χ4v) is 1.85. The van der Waals surface area contributed by atoms with Crippen molar-refractivity contribution in [3.63, 3.8) is 0 Å². The van der Waals surface area contributed by atoms with Gasteiger partial charge in [0.1, 0.15) is 16.8 Å². The molecular formula is C10H10N6O2S. The van der Waals surface area contributed by atoms with Gasteiger partial charge >= 0.3 is 5.97 Å². The second kappa shape index (κ2) is 6.61. The summed E-state index contributed by atoms with van der Waals surface area (Å²) in [5.74, 6) is -0.666. The lowest BCUT2D eigenvalue weighted by atomic mass is 10.0. The van der Waals surface area contributed by atoms with Crippen LogP contribution in [0, 0.1) is 11.3 Å². The van der Waals surface area contributed by atoms with Crippen LogP contribution in [0.15, 0.2) is 16.2 Å². The van der Waals surface area contributed by atoms with Gasteiger partial charge in [0.05, 0.1) is 12.7 Å². The molecule has 1 aromatic rings. The van der Waals surface area contributed by atoms with E-state index in [1.54, 1.807) is 6.07 Å². The van der Waals surface area contributed by atoms with Gasteiger partial charge in [-0.25, -0.2) is 9.78 Å². The van der Waals surface area contributed by atoms with Gasteiger partial charge in [-0.2, -0.15) is 5.26 Å². The summed E-state index contributed by atoms with van der Waals surface area (Å²) in [7, 11) is 1.20. The lowest BCUT2D eigenvalue weighted by Gasteiger charge is -2.15. The third kappa shape index (κ3) is 3.35. The number of rotatable bonds is 4. The number of azide groups is 1. The molecule has 0 saturated heterocycles. The van der Waals surface area contributed by atoms with Crippen LogP contribution in [0.2, 0.25) is 0 Å². The maximum atomic E-state index is 11.7. The summed E-state index contributed by atoms with van der Waals surface area (Å²) in [6.07, 6.45) is 0. The van der Waals surface area contributed by atoms with Crippen LogP contribution in [0.3, 0.4) is 0 Å². The molecule has 1 heterocycles. The van der Waals surface area contributed by atoms with Crippen molar-refractivity contribution >= 4 is 18.6 Å². The zero-order valence-corrected chi connectivity index (χ0v) is 10.8. The second-order valence-corrected chi connectivity index (χ2v) is 3.84. The molecule has 98 valence electrons. The highest BCUT2D eigenvalue weighted by Gasteiger charge is 2.21. The molecule has 1 unspecified atom stereocenters. The van der Waals surface area contributed by atoms with Crippen LogP contribution in [0.25, 0.3) is 10.4 Å². The number of carbonyl (C=O) groups excluding carboxylic acids is 1. The van der Waals surface area contributed by atoms with E-state index in [4.69, 9.17) is 16.5 Å². The fraction of sp³-hybridized carbons (Fsp3) is 0.300. The number of methoxy groups -OCH3 is 1. The van der Waals surface area contributed by atoms with Crippen LogP contribution in [-0.2, 0) is 4.74 Å². The van der Waals surface area contributed by atoms with Crippen molar-refractivity contribution in [2.24, 2.45) is 10.8 Å². The molecule has 0 aliphatic heterocycles. The van der Waals surface area contributed by atoms with Gasteiger partial charge in [-0.3, -0.25) is 0 Å². The summed E-state index contributed by atoms with van der Waals surface area (Å²) in [4.78, 5) is 18.1. The number of carbonyl (C=O) groups is 1. The van der Waals surface area contributed by atoms with Gasteiger partial charge in [0.2, 0.25) is 0 Å². The lowest BCUT2D eigenvalue weighted by molar-refractivity contribution is 0.0598. The van der Waals surface area contributed by atoms with Crippen LogP contribution in [0.1, 0.15) is 27.7 Å². The third-order valence-corrected chi connectivity index (χ3v) is 2.61. The summed E-state index contributed by atoms with van der Waals surface area (Å²) in [6.45, 7) is -0.0678. The zero-order chi connectivity index (χ0) is 14.4. The lowest BCUT2D eigenvalue weighted by Crippen LogP contribution is -2.20. The largest absolute Gasteiger partial charge is 0.465 e. The molecule has 9 heteroatoms. The monoisotopic (exact) mass is 278 g/mol. The normalized spacial score (nSPS) is 11.1. The van der Waals surface area contributed by atoms with Gasteiger partial charge in [-0.05, 0) is 11.6 Å². The minimum Gasteiger partial charge on any atom is -0.465 e. The van der Waals surface area contributed by atoms with Gasteiger partial charge in [0.15, 0.2) is 0 Å². The zero-order valence-electron chi connectivity index (χ0n) is 9.94. The highest BCUT2D eigenvalue weighted by Crippen LogP contribution is 2.24. The fourth-order valence-electron chi connectivity index (χ4n) is 1.46. The molecule has 0 bridgehead atoms. The predicted molar refractivity (Wildman–Crippen MR) is 68.5 cm³/mol. The Kier molecular flexibility index (Phi) is 5.14. The third-order valence-electron chi connectivity index (χ3n) is 2.27. The minimum atomic E-state index is -0.766. The predicted octanol–water partition coefficient (Wildman–Crippen LogP) is 1.34. The molecule has 0 radical (unpaired) electrons. The number of hydrogen-bond donors (Lipinski definition) is 2. The standard InChI is InChI=1S/C10H10N6O2S/c1-18-10(17)6-2-5(3-11)15-9(19)8(6)7(12)4-14-16-13/h2,7H,4,12H2,1H3,(H,15,19). The quantitative estimate of drug-likeness (QED) is 0.281. The maximum Gasteiger partial charge on any atom is 0.338 e. The van der Waals surface area contributed by atoms with Crippen LogP contribution in [0.5, 0.6) is 0 Å². The van der Waals surface area contributed by atoms with Crippen molar-refractivity contribution in [1.82, 2.24) is 4.98 Å². The van der Waals surface area contributed by atoms with Gasteiger partial charge in [0.25, 0.3) is 0 Å². The average molecular weight is 278 g/mol. The summed E-state index contributed by atoms with van der Waals surface area (Å²) in [5, 5.41) is 12.3. The second-order valence-electron chi connectivity index (χ2n) is 3.42. The SMILES string of the molecule is COC(=O)c1cc(C#N)nc(S)c1C(N)CN=[N+]=[N-]. The van der Waals surface area contributed by atoms with Crippen molar-refractivity contribution < 1.29 is 9.53 Å². The number of nitrogens with two attached hydrogens (primary N) is 1. The van der Waals surface area contributed by atoms with E-state index < -0.39 is 12.0 Å². The molecule has 0 spiro atoms. The summed E-state index contributed by atoms with van der Waals surface area (Å²) in [5.41, 5.74) is 14.5. The Labute approximate surface area is 114 Å². The summed E-state index contributed by atoms with van der Waals surface area (Å²) < 4.78 is 4.62. The van der Waals surface area contributed by atoms with Gasteiger partial charge < -0.3 is 10.5 Å². The number of aromatic nitrogens is 1. The molecule has 0 aliphatic rings. The van der Waals surface area contributed by atoms with E-state index >= 15 is 0 Å². The van der Waals surface area contributed by atoms with Crippen molar-refractivity contribution in [2.75, 3.05) is 13.7 Å². The molecular weight excluding hydrogens is 268 g/mol. The molecule has 0 fully saturated rings. The van der Waals surface area contributed by atoms with Crippen molar-refractivity contribution in [2.45, 2.75) is 11.1 Å².